The summed E-state index contributed by atoms with van der Waals surface area (Å²) in [5.41, 5.74) is 3.01. The predicted molar refractivity (Wildman–Crippen MR) is 214 cm³/mol. The lowest BCUT2D eigenvalue weighted by atomic mass is 9.47. The number of halogens is 1. The van der Waals surface area contributed by atoms with Crippen LogP contribution in [0, 0.1) is 57.2 Å². The molecule has 0 heterocycles. The molecule has 0 spiro atoms. The number of oxime groups is 1. The maximum absolute atomic E-state index is 12.7. The van der Waals surface area contributed by atoms with Gasteiger partial charge in [0.15, 0.2) is 0 Å². The van der Waals surface area contributed by atoms with E-state index in [0.717, 1.165) is 81.4 Å². The standard InChI is InChI=1S/C22H31NO4.C22H30O4.ClH.H3NO/c1-13(24)27-18-12-22(3)17(7-8-19(22)23-25)16-6-5-14-11-15(26-4)9-10-21(14,2)20(16)18;1-13(23)26-18-12-22(3)17(7-8-19(22)24)16-6-5-14-11-15(25-4)9-10-21(14,2)20(16)18;;1-2/h5,11,16-18,20,25H,6-10,12H2,1-4H3;5,11,16-18,20H,6-10,12H2,1-4H3;1H;2H,1H2/t2*16?,17?,18-,20?,21-,22-;;/m00../s1. The number of esters is 2. The minimum Gasteiger partial charge on any atom is -0.501 e. The van der Waals surface area contributed by atoms with Gasteiger partial charge in [-0.2, -0.15) is 0 Å². The highest BCUT2D eigenvalue weighted by atomic mass is 35.5. The van der Waals surface area contributed by atoms with Gasteiger partial charge in [-0.05, 0) is 116 Å². The van der Waals surface area contributed by atoms with Crippen LogP contribution < -0.4 is 5.90 Å². The van der Waals surface area contributed by atoms with Gasteiger partial charge in [0.25, 0.3) is 0 Å². The molecule has 312 valence electrons. The molecule has 0 radical (unpaired) electrons. The molecule has 12 heteroatoms. The van der Waals surface area contributed by atoms with Crippen LogP contribution in [0.1, 0.15) is 119 Å². The Balaban J connectivity index is 0.000000202. The van der Waals surface area contributed by atoms with Crippen LogP contribution in [0.3, 0.4) is 0 Å². The van der Waals surface area contributed by atoms with E-state index in [2.05, 4.69) is 63.1 Å². The number of hydrogen-bond acceptors (Lipinski definition) is 11. The van der Waals surface area contributed by atoms with Crippen LogP contribution in [0.15, 0.2) is 52.1 Å². The fourth-order valence-electron chi connectivity index (χ4n) is 13.5. The first kappa shape index (κ1) is 44.0. The third-order valence-electron chi connectivity index (χ3n) is 16.0. The highest BCUT2D eigenvalue weighted by molar-refractivity contribution is 5.92. The summed E-state index contributed by atoms with van der Waals surface area (Å²) in [6.45, 7) is 12.0. The molecule has 0 bridgehead atoms. The monoisotopic (exact) mass is 800 g/mol. The first-order chi connectivity index (χ1) is 26.1. The quantitative estimate of drug-likeness (QED) is 0.143. The third-order valence-corrected chi connectivity index (χ3v) is 16.0. The second kappa shape index (κ2) is 16.6. The Morgan fingerprint density at radius 1 is 0.714 bits per heavy atom. The fraction of sp³-hybridized carbons (Fsp3) is 0.727. The first-order valence-electron chi connectivity index (χ1n) is 20.4. The van der Waals surface area contributed by atoms with Crippen molar-refractivity contribution in [2.45, 2.75) is 131 Å². The molecule has 12 atom stereocenters. The molecule has 4 saturated carbocycles. The minimum atomic E-state index is -0.328. The van der Waals surface area contributed by atoms with Gasteiger partial charge in [-0.25, -0.2) is 5.90 Å². The van der Waals surface area contributed by atoms with E-state index in [1.165, 1.54) is 25.0 Å². The van der Waals surface area contributed by atoms with Crippen molar-refractivity contribution < 1.29 is 43.7 Å². The minimum absolute atomic E-state index is 0. The Labute approximate surface area is 338 Å². The van der Waals surface area contributed by atoms with Crippen LogP contribution in [0.25, 0.3) is 0 Å². The molecule has 11 nitrogen and oxygen atoms in total. The Morgan fingerprint density at radius 2 is 1.14 bits per heavy atom. The number of fused-ring (bicyclic) bond motifs is 10. The number of Topliss-reactive ketones (excluding diaryl/α,β-unsaturated/α-hetero) is 1. The van der Waals surface area contributed by atoms with Crippen LogP contribution in [0.5, 0.6) is 0 Å². The summed E-state index contributed by atoms with van der Waals surface area (Å²) in [5.74, 6) is 7.81. The van der Waals surface area contributed by atoms with Gasteiger partial charge < -0.3 is 29.4 Å². The van der Waals surface area contributed by atoms with Crippen molar-refractivity contribution in [3.05, 3.63) is 47.0 Å². The zero-order chi connectivity index (χ0) is 40.1. The smallest absolute Gasteiger partial charge is 0.302 e. The Kier molecular flexibility index (Phi) is 13.0. The van der Waals surface area contributed by atoms with Crippen molar-refractivity contribution >= 4 is 35.8 Å². The van der Waals surface area contributed by atoms with Gasteiger partial charge in [0.2, 0.25) is 0 Å². The molecule has 4 fully saturated rings. The number of allylic oxidation sites excluding steroid dienone is 8. The number of methoxy groups -OCH3 is 2. The van der Waals surface area contributed by atoms with E-state index in [-0.39, 0.29) is 64.1 Å². The predicted octanol–water partition coefficient (Wildman–Crippen LogP) is 8.42. The van der Waals surface area contributed by atoms with Gasteiger partial charge in [-0.15, -0.1) is 12.4 Å². The van der Waals surface area contributed by atoms with Gasteiger partial charge in [-0.1, -0.05) is 45.0 Å². The zero-order valence-electron chi connectivity index (χ0n) is 34.6. The first-order valence-corrected chi connectivity index (χ1v) is 20.4. The van der Waals surface area contributed by atoms with E-state index in [9.17, 15) is 19.6 Å². The topological polar surface area (TPSA) is 167 Å². The van der Waals surface area contributed by atoms with Crippen LogP contribution in [-0.4, -0.2) is 60.3 Å². The lowest BCUT2D eigenvalue weighted by molar-refractivity contribution is -0.172. The molecule has 8 rings (SSSR count). The van der Waals surface area contributed by atoms with Crippen molar-refractivity contribution in [3.8, 4) is 0 Å². The molecule has 0 aromatic heterocycles. The maximum Gasteiger partial charge on any atom is 0.302 e. The summed E-state index contributed by atoms with van der Waals surface area (Å²) in [6.07, 6.45) is 19.6. The molecule has 56 heavy (non-hydrogen) atoms. The van der Waals surface area contributed by atoms with Crippen LogP contribution in [0.2, 0.25) is 0 Å². The number of carbonyl (C=O) groups excluding carboxylic acids is 3. The second-order valence-corrected chi connectivity index (χ2v) is 18.4. The number of nitrogens with zero attached hydrogens (tertiary/aromatic N) is 1. The third kappa shape index (κ3) is 7.16. The molecule has 6 unspecified atom stereocenters. The summed E-state index contributed by atoms with van der Waals surface area (Å²) >= 11 is 0. The van der Waals surface area contributed by atoms with Gasteiger partial charge in [0.05, 0.1) is 31.4 Å². The summed E-state index contributed by atoms with van der Waals surface area (Å²) in [4.78, 5) is 36.5. The van der Waals surface area contributed by atoms with E-state index in [1.807, 2.05) is 0 Å². The molecular weight excluding hydrogens is 736 g/mol. The van der Waals surface area contributed by atoms with Crippen LogP contribution in [0.4, 0.5) is 0 Å². The van der Waals surface area contributed by atoms with Gasteiger partial charge >= 0.3 is 11.9 Å². The van der Waals surface area contributed by atoms with Gasteiger partial charge in [0, 0.05) is 55.8 Å². The maximum atomic E-state index is 12.7. The SMILES string of the molecule is COC1=CC2=CCC3C([C@@H](OC(C)=O)C[C@]4(C)C(=NO)CCC34)[C@@]2(C)CC1.COC1=CC2=CCC3C([C@@H](OC(C)=O)C[C@]4(C)C(=O)CCC34)[C@@]2(C)CC1.Cl.NO. The van der Waals surface area contributed by atoms with Gasteiger partial charge in [0.1, 0.15) is 18.0 Å². The van der Waals surface area contributed by atoms with Crippen molar-refractivity contribution in [1.82, 2.24) is 0 Å². The number of carbonyl (C=O) groups is 3. The van der Waals surface area contributed by atoms with E-state index in [4.69, 9.17) is 24.2 Å². The normalized spacial score (nSPS) is 42.1. The molecule has 4 N–H and O–H groups in total. The number of nitrogens with two attached hydrogens (primary N) is 1. The zero-order valence-corrected chi connectivity index (χ0v) is 35.4. The van der Waals surface area contributed by atoms with Crippen molar-refractivity contribution in [2.75, 3.05) is 14.2 Å². The average Bonchev–Trinajstić information content (AvgIpc) is 3.65. The van der Waals surface area contributed by atoms with Crippen molar-refractivity contribution in [2.24, 2.45) is 68.2 Å². The summed E-state index contributed by atoms with van der Waals surface area (Å²) in [7, 11) is 3.47. The Bertz CT molecular complexity index is 1700. The highest BCUT2D eigenvalue weighted by Gasteiger charge is 2.64. The molecule has 8 aliphatic rings. The number of ether oxygens (including phenoxy) is 4. The number of rotatable bonds is 4. The van der Waals surface area contributed by atoms with E-state index < -0.39 is 0 Å². The highest BCUT2D eigenvalue weighted by Crippen LogP contribution is 2.66. The molecule has 0 saturated heterocycles. The summed E-state index contributed by atoms with van der Waals surface area (Å²) in [6, 6.07) is 0. The number of hydrogen-bond donors (Lipinski definition) is 3. The van der Waals surface area contributed by atoms with E-state index in [1.54, 1.807) is 14.2 Å². The summed E-state index contributed by atoms with van der Waals surface area (Å²) < 4.78 is 22.8. The second-order valence-electron chi connectivity index (χ2n) is 18.4. The lowest BCUT2D eigenvalue weighted by Gasteiger charge is -2.58. The molecule has 0 amide bonds. The van der Waals surface area contributed by atoms with E-state index in [0.29, 0.717) is 48.2 Å². The molecular formula is C44H65ClN2O9. The van der Waals surface area contributed by atoms with Gasteiger partial charge in [-0.3, -0.25) is 14.4 Å². The van der Waals surface area contributed by atoms with Crippen molar-refractivity contribution in [3.63, 3.8) is 0 Å². The number of ketones is 1. The molecule has 0 aromatic carbocycles. The van der Waals surface area contributed by atoms with Crippen LogP contribution in [-0.2, 0) is 33.3 Å². The Morgan fingerprint density at radius 3 is 1.57 bits per heavy atom. The molecule has 0 aromatic rings. The molecule has 8 aliphatic carbocycles. The van der Waals surface area contributed by atoms with Crippen LogP contribution >= 0.6 is 12.4 Å². The molecule has 0 aliphatic heterocycles. The van der Waals surface area contributed by atoms with E-state index >= 15 is 0 Å². The average molecular weight is 801 g/mol. The fourth-order valence-corrected chi connectivity index (χ4v) is 13.5. The van der Waals surface area contributed by atoms with Crippen molar-refractivity contribution in [1.29, 1.82) is 0 Å². The Hall–Kier alpha value is -3.15. The lowest BCUT2D eigenvalue weighted by Crippen LogP contribution is -2.56. The summed E-state index contributed by atoms with van der Waals surface area (Å²) in [5, 5.41) is 19.7. The largest absolute Gasteiger partial charge is 0.501 e.